The number of hydrogen-bond acceptors (Lipinski definition) is 6. The molecular weight excluding hydrogens is 352 g/mol. The van der Waals surface area contributed by atoms with Gasteiger partial charge in [0.1, 0.15) is 5.52 Å². The molecule has 136 valence electrons. The molecule has 0 aliphatic heterocycles. The Labute approximate surface area is 155 Å². The van der Waals surface area contributed by atoms with Crippen molar-refractivity contribution in [3.05, 3.63) is 46.8 Å². The van der Waals surface area contributed by atoms with E-state index in [2.05, 4.69) is 9.97 Å². The summed E-state index contributed by atoms with van der Waals surface area (Å²) < 4.78 is 10.7. The van der Waals surface area contributed by atoms with Crippen LogP contribution in [0.1, 0.15) is 46.0 Å². The predicted molar refractivity (Wildman–Crippen MR) is 99.9 cm³/mol. The molecule has 26 heavy (non-hydrogen) atoms. The fourth-order valence-electron chi connectivity index (χ4n) is 2.82. The van der Waals surface area contributed by atoms with E-state index in [1.54, 1.807) is 27.7 Å². The van der Waals surface area contributed by atoms with Crippen LogP contribution in [0.5, 0.6) is 0 Å². The average Bonchev–Trinajstić information content (AvgIpc) is 3.14. The number of H-pyrrole nitrogens is 1. The summed E-state index contributed by atoms with van der Waals surface area (Å²) in [6, 6.07) is 7.46. The van der Waals surface area contributed by atoms with E-state index in [0.717, 1.165) is 5.52 Å². The molecule has 0 spiro atoms. The highest BCUT2D eigenvalue weighted by Crippen LogP contribution is 2.29. The van der Waals surface area contributed by atoms with E-state index >= 15 is 0 Å². The number of ketones is 1. The minimum absolute atomic E-state index is 0.117. The van der Waals surface area contributed by atoms with Gasteiger partial charge in [-0.25, -0.2) is 9.78 Å². The number of nitrogens with zero attached hydrogens (tertiary/aromatic N) is 1. The average molecular weight is 372 g/mol. The Morgan fingerprint density at radius 3 is 2.73 bits per heavy atom. The molecular formula is C19H20N2O4S. The fourth-order valence-corrected chi connectivity index (χ4v) is 3.63. The van der Waals surface area contributed by atoms with E-state index in [0.29, 0.717) is 33.3 Å². The van der Waals surface area contributed by atoms with Crippen LogP contribution in [-0.4, -0.2) is 33.6 Å². The third-order valence-corrected chi connectivity index (χ3v) is 5.03. The smallest absolute Gasteiger partial charge is 0.340 e. The molecule has 0 aliphatic carbocycles. The number of thioether (sulfide) groups is 1. The van der Waals surface area contributed by atoms with Gasteiger partial charge in [0.2, 0.25) is 0 Å². The monoisotopic (exact) mass is 372 g/mol. The van der Waals surface area contributed by atoms with Crippen LogP contribution >= 0.6 is 11.8 Å². The van der Waals surface area contributed by atoms with E-state index in [-0.39, 0.29) is 12.4 Å². The van der Waals surface area contributed by atoms with E-state index < -0.39 is 11.2 Å². The molecule has 3 rings (SSSR count). The summed E-state index contributed by atoms with van der Waals surface area (Å²) in [5, 5.41) is 0.0217. The lowest BCUT2D eigenvalue weighted by Crippen LogP contribution is -2.15. The fraction of sp³-hybridized carbons (Fsp3) is 0.316. The molecule has 0 fully saturated rings. The lowest BCUT2D eigenvalue weighted by atomic mass is 10.1. The van der Waals surface area contributed by atoms with Gasteiger partial charge in [-0.3, -0.25) is 4.79 Å². The first-order chi connectivity index (χ1) is 12.4. The molecule has 3 aromatic rings. The number of Topliss-reactive ketones (excluding diaryl/α,β-unsaturated/α-hetero) is 1. The van der Waals surface area contributed by atoms with Crippen molar-refractivity contribution in [3.63, 3.8) is 0 Å². The molecule has 0 radical (unpaired) electrons. The lowest BCUT2D eigenvalue weighted by molar-refractivity contribution is 0.0525. The molecule has 1 N–H and O–H groups in total. The normalized spacial score (nSPS) is 12.3. The molecule has 0 unspecified atom stereocenters. The van der Waals surface area contributed by atoms with Gasteiger partial charge >= 0.3 is 5.97 Å². The summed E-state index contributed by atoms with van der Waals surface area (Å²) >= 11 is 1.25. The first kappa shape index (κ1) is 18.3. The van der Waals surface area contributed by atoms with E-state index in [9.17, 15) is 9.59 Å². The van der Waals surface area contributed by atoms with Crippen LogP contribution in [0.4, 0.5) is 0 Å². The Hall–Kier alpha value is -2.54. The summed E-state index contributed by atoms with van der Waals surface area (Å²) in [6.07, 6.45) is 0. The SMILES string of the molecule is CCOC(=O)c1c(C)[nH]c(C(=O)[C@@H](C)Sc2nc3ccccc3o2)c1C. The highest BCUT2D eigenvalue weighted by atomic mass is 32.2. The van der Waals surface area contributed by atoms with Crippen molar-refractivity contribution in [2.75, 3.05) is 6.61 Å². The van der Waals surface area contributed by atoms with Crippen LogP contribution < -0.4 is 0 Å². The van der Waals surface area contributed by atoms with Gasteiger partial charge < -0.3 is 14.1 Å². The number of fused-ring (bicyclic) bond motifs is 1. The molecule has 0 aliphatic rings. The number of oxazole rings is 1. The second-order valence-corrected chi connectivity index (χ2v) is 7.21. The minimum Gasteiger partial charge on any atom is -0.462 e. The Bertz CT molecular complexity index is 940. The standard InChI is InChI=1S/C19H20N2O4S/c1-5-24-18(23)15-10(2)16(20-11(15)3)17(22)12(4)26-19-21-13-8-6-7-9-14(13)25-19/h6-9,12,20H,5H2,1-4H3/t12-/m1/s1. The third kappa shape index (κ3) is 3.39. The van der Waals surface area contributed by atoms with Gasteiger partial charge in [0.05, 0.1) is 23.1 Å². The number of rotatable bonds is 6. The summed E-state index contributed by atoms with van der Waals surface area (Å²) in [5.41, 5.74) is 3.52. The zero-order chi connectivity index (χ0) is 18.8. The topological polar surface area (TPSA) is 85.2 Å². The van der Waals surface area contributed by atoms with Gasteiger partial charge in [0.15, 0.2) is 11.4 Å². The largest absolute Gasteiger partial charge is 0.462 e. The number of benzene rings is 1. The predicted octanol–water partition coefficient (Wildman–Crippen LogP) is 4.31. The van der Waals surface area contributed by atoms with Gasteiger partial charge in [0.25, 0.3) is 5.22 Å². The number of esters is 1. The molecule has 6 nitrogen and oxygen atoms in total. The Morgan fingerprint density at radius 1 is 1.31 bits per heavy atom. The van der Waals surface area contributed by atoms with Crippen LogP contribution in [0.2, 0.25) is 0 Å². The molecule has 2 aromatic heterocycles. The number of hydrogen-bond donors (Lipinski definition) is 1. The first-order valence-electron chi connectivity index (χ1n) is 8.35. The van der Waals surface area contributed by atoms with Crippen molar-refractivity contribution in [2.45, 2.75) is 38.2 Å². The van der Waals surface area contributed by atoms with Crippen molar-refractivity contribution in [1.82, 2.24) is 9.97 Å². The zero-order valence-electron chi connectivity index (χ0n) is 15.1. The van der Waals surface area contributed by atoms with Crippen molar-refractivity contribution in [3.8, 4) is 0 Å². The molecule has 1 atom stereocenters. The molecule has 0 bridgehead atoms. The second-order valence-electron chi connectivity index (χ2n) is 5.92. The Balaban J connectivity index is 1.82. The van der Waals surface area contributed by atoms with Crippen molar-refractivity contribution in [2.24, 2.45) is 0 Å². The number of nitrogens with one attached hydrogen (secondary N) is 1. The molecule has 0 saturated heterocycles. The number of aromatic amines is 1. The molecule has 7 heteroatoms. The Morgan fingerprint density at radius 2 is 2.04 bits per heavy atom. The van der Waals surface area contributed by atoms with Crippen molar-refractivity contribution in [1.29, 1.82) is 0 Å². The number of ether oxygens (including phenoxy) is 1. The van der Waals surface area contributed by atoms with Gasteiger partial charge in [-0.15, -0.1) is 0 Å². The quantitative estimate of drug-likeness (QED) is 0.394. The summed E-state index contributed by atoms with van der Waals surface area (Å²) in [4.78, 5) is 32.4. The second kappa shape index (κ2) is 7.37. The number of para-hydroxylation sites is 2. The summed E-state index contributed by atoms with van der Waals surface area (Å²) in [5.74, 6) is -0.537. The molecule has 0 saturated carbocycles. The number of aryl methyl sites for hydroxylation is 1. The van der Waals surface area contributed by atoms with Gasteiger partial charge in [0, 0.05) is 5.69 Å². The molecule has 2 heterocycles. The van der Waals surface area contributed by atoms with Gasteiger partial charge in [-0.1, -0.05) is 23.9 Å². The van der Waals surface area contributed by atoms with Crippen molar-refractivity contribution < 1.29 is 18.7 Å². The number of carbonyl (C=O) groups is 2. The van der Waals surface area contributed by atoms with E-state index in [1.165, 1.54) is 11.8 Å². The lowest BCUT2D eigenvalue weighted by Gasteiger charge is -2.07. The maximum absolute atomic E-state index is 12.9. The number of carbonyl (C=O) groups excluding carboxylic acids is 2. The first-order valence-corrected chi connectivity index (χ1v) is 9.23. The zero-order valence-corrected chi connectivity index (χ0v) is 15.9. The maximum Gasteiger partial charge on any atom is 0.340 e. The van der Waals surface area contributed by atoms with Crippen LogP contribution in [0.25, 0.3) is 11.1 Å². The van der Waals surface area contributed by atoms with Gasteiger partial charge in [-0.2, -0.15) is 0 Å². The summed E-state index contributed by atoms with van der Waals surface area (Å²) in [6.45, 7) is 7.34. The molecule has 0 amide bonds. The minimum atomic E-state index is -0.421. The third-order valence-electron chi connectivity index (χ3n) is 4.08. The highest BCUT2D eigenvalue weighted by molar-refractivity contribution is 8.00. The summed E-state index contributed by atoms with van der Waals surface area (Å²) in [7, 11) is 0. The maximum atomic E-state index is 12.9. The van der Waals surface area contributed by atoms with Crippen molar-refractivity contribution >= 4 is 34.6 Å². The van der Waals surface area contributed by atoms with Crippen LogP contribution in [0, 0.1) is 13.8 Å². The molecule has 1 aromatic carbocycles. The van der Waals surface area contributed by atoms with Gasteiger partial charge in [-0.05, 0) is 45.4 Å². The van der Waals surface area contributed by atoms with E-state index in [4.69, 9.17) is 9.15 Å². The van der Waals surface area contributed by atoms with E-state index in [1.807, 2.05) is 24.3 Å². The van der Waals surface area contributed by atoms with Crippen LogP contribution in [-0.2, 0) is 4.74 Å². The number of aromatic nitrogens is 2. The highest BCUT2D eigenvalue weighted by Gasteiger charge is 2.27. The van der Waals surface area contributed by atoms with Crippen LogP contribution in [0.15, 0.2) is 33.9 Å². The Kier molecular flexibility index (Phi) is 5.18. The van der Waals surface area contributed by atoms with Crippen LogP contribution in [0.3, 0.4) is 0 Å².